The van der Waals surface area contributed by atoms with E-state index in [1.807, 2.05) is 18.2 Å². The smallest absolute Gasteiger partial charge is 0.410 e. The lowest BCUT2D eigenvalue weighted by Crippen LogP contribution is -2.27. The van der Waals surface area contributed by atoms with Crippen molar-refractivity contribution in [1.82, 2.24) is 15.3 Å². The van der Waals surface area contributed by atoms with Crippen molar-refractivity contribution in [2.45, 2.75) is 12.8 Å². The van der Waals surface area contributed by atoms with E-state index in [0.717, 1.165) is 23.9 Å². The number of imidazole rings is 1. The summed E-state index contributed by atoms with van der Waals surface area (Å²) < 4.78 is 5.39. The average molecular weight is 440 g/mol. The van der Waals surface area contributed by atoms with Crippen LogP contribution in [0.1, 0.15) is 12.0 Å². The number of nitrogens with zero attached hydrogens (tertiary/aromatic N) is 1. The topological polar surface area (TPSA) is 67.0 Å². The van der Waals surface area contributed by atoms with Crippen LogP contribution in [-0.2, 0) is 6.42 Å². The highest BCUT2D eigenvalue weighted by Crippen LogP contribution is 2.34. The quantitative estimate of drug-likeness (QED) is 0.348. The molecule has 1 heterocycles. The molecule has 0 fully saturated rings. The Kier molecular flexibility index (Phi) is 6.21. The van der Waals surface area contributed by atoms with Crippen LogP contribution in [-0.4, -0.2) is 22.6 Å². The van der Waals surface area contributed by atoms with Crippen LogP contribution in [0.5, 0.6) is 5.75 Å². The predicted molar refractivity (Wildman–Crippen MR) is 120 cm³/mol. The molecule has 0 unspecified atom stereocenters. The van der Waals surface area contributed by atoms with E-state index in [1.165, 1.54) is 5.56 Å². The molecule has 0 saturated heterocycles. The summed E-state index contributed by atoms with van der Waals surface area (Å²) >= 11 is 12.5. The first-order chi connectivity index (χ1) is 14.6. The van der Waals surface area contributed by atoms with Gasteiger partial charge in [0, 0.05) is 12.6 Å². The second-order valence-corrected chi connectivity index (χ2v) is 7.58. The lowest BCUT2D eigenvalue weighted by molar-refractivity contribution is 0.200. The summed E-state index contributed by atoms with van der Waals surface area (Å²) in [6.07, 6.45) is 1.24. The summed E-state index contributed by atoms with van der Waals surface area (Å²) in [6, 6.07) is 20.6. The number of carbonyl (C=O) groups is 1. The van der Waals surface area contributed by atoms with Gasteiger partial charge in [-0.05, 0) is 42.7 Å². The monoisotopic (exact) mass is 439 g/mol. The zero-order chi connectivity index (χ0) is 20.9. The van der Waals surface area contributed by atoms with Crippen molar-refractivity contribution >= 4 is 40.3 Å². The molecule has 4 rings (SSSR count). The molecule has 7 heteroatoms. The molecular weight excluding hydrogens is 421 g/mol. The van der Waals surface area contributed by atoms with Crippen molar-refractivity contribution < 1.29 is 9.53 Å². The van der Waals surface area contributed by atoms with Crippen molar-refractivity contribution in [1.29, 1.82) is 0 Å². The van der Waals surface area contributed by atoms with Crippen molar-refractivity contribution in [3.05, 3.63) is 82.3 Å². The Hall–Kier alpha value is -3.02. The molecule has 0 saturated carbocycles. The van der Waals surface area contributed by atoms with E-state index in [0.29, 0.717) is 33.7 Å². The molecule has 0 bridgehead atoms. The fourth-order valence-electron chi connectivity index (χ4n) is 3.17. The number of H-pyrrole nitrogens is 1. The molecular formula is C23H19Cl2N3O2. The number of benzene rings is 3. The van der Waals surface area contributed by atoms with Crippen LogP contribution in [0.25, 0.3) is 22.4 Å². The number of hydrogen-bond acceptors (Lipinski definition) is 3. The van der Waals surface area contributed by atoms with E-state index < -0.39 is 6.09 Å². The van der Waals surface area contributed by atoms with Gasteiger partial charge >= 0.3 is 6.09 Å². The molecule has 0 aliphatic rings. The lowest BCUT2D eigenvalue weighted by Gasteiger charge is -2.06. The Balaban J connectivity index is 1.38. The summed E-state index contributed by atoms with van der Waals surface area (Å²) in [5, 5.41) is 3.79. The Bertz CT molecular complexity index is 1160. The van der Waals surface area contributed by atoms with Gasteiger partial charge in [0.25, 0.3) is 0 Å². The molecule has 0 atom stereocenters. The van der Waals surface area contributed by atoms with Gasteiger partial charge in [0.2, 0.25) is 0 Å². The number of carbonyl (C=O) groups excluding carboxylic acids is 1. The molecule has 3 aromatic carbocycles. The van der Waals surface area contributed by atoms with Gasteiger partial charge in [0.1, 0.15) is 11.6 Å². The maximum atomic E-state index is 12.1. The minimum absolute atomic E-state index is 0.420. The molecule has 5 nitrogen and oxygen atoms in total. The highest BCUT2D eigenvalue weighted by Gasteiger charge is 2.13. The molecule has 0 aliphatic carbocycles. The number of halogens is 2. The molecule has 152 valence electrons. The van der Waals surface area contributed by atoms with E-state index in [9.17, 15) is 4.79 Å². The summed E-state index contributed by atoms with van der Waals surface area (Å²) in [5.41, 5.74) is 3.31. The number of amides is 1. The first-order valence-electron chi connectivity index (χ1n) is 9.54. The van der Waals surface area contributed by atoms with Gasteiger partial charge in [0.15, 0.2) is 0 Å². The summed E-state index contributed by atoms with van der Waals surface area (Å²) in [6.45, 7) is 0.537. The fraction of sp³-hybridized carbons (Fsp3) is 0.130. The molecule has 0 radical (unpaired) electrons. The maximum Gasteiger partial charge on any atom is 0.412 e. The van der Waals surface area contributed by atoms with Crippen LogP contribution in [0.15, 0.2) is 66.7 Å². The van der Waals surface area contributed by atoms with Gasteiger partial charge in [-0.3, -0.25) is 0 Å². The zero-order valence-electron chi connectivity index (χ0n) is 16.0. The van der Waals surface area contributed by atoms with Crippen LogP contribution in [0, 0.1) is 0 Å². The molecule has 2 N–H and O–H groups in total. The van der Waals surface area contributed by atoms with Crippen LogP contribution in [0.4, 0.5) is 4.79 Å². The maximum absolute atomic E-state index is 12.1. The molecule has 30 heavy (non-hydrogen) atoms. The van der Waals surface area contributed by atoms with Crippen molar-refractivity contribution in [2.24, 2.45) is 0 Å². The Morgan fingerprint density at radius 2 is 1.77 bits per heavy atom. The number of rotatable bonds is 6. The van der Waals surface area contributed by atoms with Gasteiger partial charge in [-0.25, -0.2) is 9.78 Å². The first-order valence-corrected chi connectivity index (χ1v) is 10.3. The number of aryl methyl sites for hydroxylation is 1. The minimum Gasteiger partial charge on any atom is -0.410 e. The van der Waals surface area contributed by atoms with Crippen molar-refractivity contribution in [3.63, 3.8) is 0 Å². The van der Waals surface area contributed by atoms with Crippen LogP contribution < -0.4 is 10.1 Å². The highest BCUT2D eigenvalue weighted by molar-refractivity contribution is 6.39. The Morgan fingerprint density at radius 3 is 2.53 bits per heavy atom. The number of aromatic amines is 1. The first kappa shape index (κ1) is 20.3. The summed E-state index contributed by atoms with van der Waals surface area (Å²) in [5.74, 6) is 0.978. The van der Waals surface area contributed by atoms with E-state index in [1.54, 1.807) is 36.4 Å². The lowest BCUT2D eigenvalue weighted by atomic mass is 10.1. The third kappa shape index (κ3) is 4.75. The summed E-state index contributed by atoms with van der Waals surface area (Å²) in [4.78, 5) is 19.8. The van der Waals surface area contributed by atoms with Crippen LogP contribution >= 0.6 is 23.2 Å². The van der Waals surface area contributed by atoms with E-state index in [2.05, 4.69) is 27.4 Å². The van der Waals surface area contributed by atoms with E-state index in [4.69, 9.17) is 27.9 Å². The third-order valence-corrected chi connectivity index (χ3v) is 5.25. The predicted octanol–water partition coefficient (Wildman–Crippen LogP) is 6.26. The number of nitrogens with one attached hydrogen (secondary N) is 2. The molecule has 0 spiro atoms. The van der Waals surface area contributed by atoms with Crippen molar-refractivity contribution in [3.8, 4) is 17.1 Å². The molecule has 0 aliphatic heterocycles. The normalized spacial score (nSPS) is 10.9. The standard InChI is InChI=1S/C23H19Cl2N3O2/c24-17-9-4-10-18(25)21(17)22-27-19-12-11-16(14-20(19)28-22)30-23(29)26-13-5-8-15-6-2-1-3-7-15/h1-4,6-7,9-12,14H,5,8,13H2,(H,26,29)(H,27,28). The van der Waals surface area contributed by atoms with Crippen LogP contribution in [0.2, 0.25) is 10.0 Å². The largest absolute Gasteiger partial charge is 0.412 e. The molecule has 4 aromatic rings. The van der Waals surface area contributed by atoms with Gasteiger partial charge in [0.05, 0.1) is 26.6 Å². The number of hydrogen-bond donors (Lipinski definition) is 2. The van der Waals surface area contributed by atoms with Gasteiger partial charge < -0.3 is 15.0 Å². The summed E-state index contributed by atoms with van der Waals surface area (Å²) in [7, 11) is 0. The van der Waals surface area contributed by atoms with Gasteiger partial charge in [-0.1, -0.05) is 59.6 Å². The molecule has 1 amide bonds. The Labute approximate surface area is 184 Å². The van der Waals surface area contributed by atoms with Gasteiger partial charge in [-0.2, -0.15) is 0 Å². The SMILES string of the molecule is O=C(NCCCc1ccccc1)Oc1ccc2nc(-c3c(Cl)cccc3Cl)[nH]c2c1. The second kappa shape index (κ2) is 9.20. The van der Waals surface area contributed by atoms with Crippen LogP contribution in [0.3, 0.4) is 0 Å². The number of fused-ring (bicyclic) bond motifs is 1. The van der Waals surface area contributed by atoms with E-state index in [-0.39, 0.29) is 0 Å². The highest BCUT2D eigenvalue weighted by atomic mass is 35.5. The fourth-order valence-corrected chi connectivity index (χ4v) is 3.74. The van der Waals surface area contributed by atoms with Crippen molar-refractivity contribution in [2.75, 3.05) is 6.54 Å². The number of ether oxygens (including phenoxy) is 1. The van der Waals surface area contributed by atoms with E-state index >= 15 is 0 Å². The second-order valence-electron chi connectivity index (χ2n) is 6.77. The average Bonchev–Trinajstić information content (AvgIpc) is 3.14. The third-order valence-electron chi connectivity index (χ3n) is 4.62. The molecule has 1 aromatic heterocycles. The number of aromatic nitrogens is 2. The minimum atomic E-state index is -0.490. The zero-order valence-corrected chi connectivity index (χ0v) is 17.5. The Morgan fingerprint density at radius 1 is 1.00 bits per heavy atom. The van der Waals surface area contributed by atoms with Gasteiger partial charge in [-0.15, -0.1) is 0 Å².